The van der Waals surface area contributed by atoms with Crippen LogP contribution in [0.25, 0.3) is 10.9 Å². The Labute approximate surface area is 179 Å². The second kappa shape index (κ2) is 8.61. The van der Waals surface area contributed by atoms with Gasteiger partial charge in [0.2, 0.25) is 0 Å². The summed E-state index contributed by atoms with van der Waals surface area (Å²) in [6.07, 6.45) is 0. The number of ether oxygens (including phenoxy) is 1. The first kappa shape index (κ1) is 22.0. The maximum Gasteiger partial charge on any atom is 0.339 e. The van der Waals surface area contributed by atoms with Crippen molar-refractivity contribution in [1.82, 2.24) is 10.3 Å². The summed E-state index contributed by atoms with van der Waals surface area (Å²) in [5.74, 6) is -1.04. The van der Waals surface area contributed by atoms with Crippen molar-refractivity contribution in [3.63, 3.8) is 0 Å². The molecule has 0 radical (unpaired) electrons. The number of aromatic nitrogens is 1. The molecule has 5 N–H and O–H groups in total. The van der Waals surface area contributed by atoms with Crippen molar-refractivity contribution in [3.8, 4) is 5.75 Å². The zero-order valence-electron chi connectivity index (χ0n) is 17.6. The van der Waals surface area contributed by atoms with Crippen LogP contribution in [-0.2, 0) is 6.61 Å². The largest absolute Gasteiger partial charge is 0.490 e. The lowest BCUT2D eigenvalue weighted by molar-refractivity contribution is 0.0696. The number of amides is 1. The van der Waals surface area contributed by atoms with Crippen molar-refractivity contribution in [3.05, 3.63) is 64.8 Å². The fourth-order valence-electron chi connectivity index (χ4n) is 3.27. The minimum Gasteiger partial charge on any atom is -0.490 e. The van der Waals surface area contributed by atoms with Crippen LogP contribution < -0.4 is 15.8 Å². The monoisotopic (exact) mass is 423 g/mol. The normalized spacial score (nSPS) is 11.4. The van der Waals surface area contributed by atoms with Gasteiger partial charge in [-0.05, 0) is 50.6 Å². The Hall–Kier alpha value is -3.65. The third kappa shape index (κ3) is 4.75. The van der Waals surface area contributed by atoms with E-state index in [4.69, 9.17) is 15.6 Å². The molecule has 2 aromatic carbocycles. The van der Waals surface area contributed by atoms with Crippen molar-refractivity contribution in [2.24, 2.45) is 0 Å². The van der Waals surface area contributed by atoms with E-state index in [0.29, 0.717) is 27.9 Å². The molecule has 0 aliphatic rings. The van der Waals surface area contributed by atoms with E-state index in [1.807, 2.05) is 13.8 Å². The van der Waals surface area contributed by atoms with Crippen LogP contribution in [0.5, 0.6) is 5.75 Å². The molecule has 0 fully saturated rings. The minimum absolute atomic E-state index is 0.0533. The highest BCUT2D eigenvalue weighted by Crippen LogP contribution is 2.33. The van der Waals surface area contributed by atoms with Crippen LogP contribution in [0.1, 0.15) is 45.8 Å². The SMILES string of the molecule is Cc1nc2cccc(OCC(C)(C)NC(=O)c3ccc(CO)cc3)c2c(N)c1C(=O)O. The lowest BCUT2D eigenvalue weighted by atomic mass is 10.0. The molecule has 31 heavy (non-hydrogen) atoms. The number of rotatable bonds is 7. The Morgan fingerprint density at radius 2 is 1.84 bits per heavy atom. The molecule has 0 saturated carbocycles. The number of anilines is 1. The van der Waals surface area contributed by atoms with E-state index in [1.165, 1.54) is 0 Å². The summed E-state index contributed by atoms with van der Waals surface area (Å²) in [6, 6.07) is 11.8. The Morgan fingerprint density at radius 3 is 2.45 bits per heavy atom. The molecule has 0 aliphatic heterocycles. The number of nitrogens with two attached hydrogens (primary N) is 1. The molecule has 1 amide bonds. The number of benzene rings is 2. The maximum atomic E-state index is 12.6. The quantitative estimate of drug-likeness (QED) is 0.459. The van der Waals surface area contributed by atoms with E-state index in [1.54, 1.807) is 49.4 Å². The van der Waals surface area contributed by atoms with Crippen LogP contribution in [0.15, 0.2) is 42.5 Å². The van der Waals surface area contributed by atoms with Crippen molar-refractivity contribution >= 4 is 28.5 Å². The molecule has 1 aromatic heterocycles. The van der Waals surface area contributed by atoms with Gasteiger partial charge >= 0.3 is 5.97 Å². The van der Waals surface area contributed by atoms with Gasteiger partial charge in [-0.1, -0.05) is 18.2 Å². The number of fused-ring (bicyclic) bond motifs is 1. The number of hydrogen-bond donors (Lipinski definition) is 4. The fourth-order valence-corrected chi connectivity index (χ4v) is 3.27. The van der Waals surface area contributed by atoms with Gasteiger partial charge in [0.25, 0.3) is 5.91 Å². The average molecular weight is 423 g/mol. The maximum absolute atomic E-state index is 12.6. The van der Waals surface area contributed by atoms with Gasteiger partial charge in [-0.3, -0.25) is 9.78 Å². The third-order valence-electron chi connectivity index (χ3n) is 4.85. The highest BCUT2D eigenvalue weighted by Gasteiger charge is 2.24. The molecule has 0 bridgehead atoms. The molecule has 0 saturated heterocycles. The zero-order valence-corrected chi connectivity index (χ0v) is 17.6. The fraction of sp³-hybridized carbons (Fsp3) is 0.261. The number of carbonyl (C=O) groups excluding carboxylic acids is 1. The number of nitrogens with zero attached hydrogens (tertiary/aromatic N) is 1. The molecular weight excluding hydrogens is 398 g/mol. The molecule has 0 atom stereocenters. The van der Waals surface area contributed by atoms with E-state index in [-0.39, 0.29) is 30.4 Å². The Balaban J connectivity index is 1.81. The molecule has 162 valence electrons. The summed E-state index contributed by atoms with van der Waals surface area (Å²) in [6.45, 7) is 5.24. The van der Waals surface area contributed by atoms with Crippen molar-refractivity contribution in [2.45, 2.75) is 32.9 Å². The molecule has 3 rings (SSSR count). The summed E-state index contributed by atoms with van der Waals surface area (Å²) in [5, 5.41) is 21.9. The smallest absolute Gasteiger partial charge is 0.339 e. The number of carboxylic acid groups (broad SMARTS) is 1. The van der Waals surface area contributed by atoms with E-state index in [9.17, 15) is 14.7 Å². The number of aryl methyl sites for hydroxylation is 1. The van der Waals surface area contributed by atoms with E-state index in [0.717, 1.165) is 5.56 Å². The molecule has 0 unspecified atom stereocenters. The molecule has 0 aliphatic carbocycles. The number of nitrogen functional groups attached to an aromatic ring is 1. The Kier molecular flexibility index (Phi) is 6.12. The van der Waals surface area contributed by atoms with Crippen LogP contribution in [0, 0.1) is 6.92 Å². The Morgan fingerprint density at radius 1 is 1.16 bits per heavy atom. The van der Waals surface area contributed by atoms with Gasteiger partial charge in [0, 0.05) is 5.56 Å². The summed E-state index contributed by atoms with van der Waals surface area (Å²) in [5.41, 5.74) is 7.50. The van der Waals surface area contributed by atoms with Crippen LogP contribution in [-0.4, -0.2) is 39.2 Å². The predicted molar refractivity (Wildman–Crippen MR) is 117 cm³/mol. The lowest BCUT2D eigenvalue weighted by Crippen LogP contribution is -2.47. The van der Waals surface area contributed by atoms with Crippen LogP contribution >= 0.6 is 0 Å². The first-order valence-corrected chi connectivity index (χ1v) is 9.70. The van der Waals surface area contributed by atoms with Crippen molar-refractivity contribution < 1.29 is 24.5 Å². The van der Waals surface area contributed by atoms with Gasteiger partial charge in [0.05, 0.1) is 34.4 Å². The van der Waals surface area contributed by atoms with Crippen LogP contribution in [0.2, 0.25) is 0 Å². The summed E-state index contributed by atoms with van der Waals surface area (Å²) < 4.78 is 5.95. The summed E-state index contributed by atoms with van der Waals surface area (Å²) >= 11 is 0. The molecular formula is C23H25N3O5. The predicted octanol–water partition coefficient (Wildman–Crippen LogP) is 2.90. The number of aliphatic hydroxyl groups excluding tert-OH is 1. The standard InChI is InChI=1S/C23H25N3O5/c1-13-18(22(29)30)20(24)19-16(25-13)5-4-6-17(19)31-12-23(2,3)26-21(28)15-9-7-14(11-27)8-10-15/h4-10,27H,11-12H2,1-3H3,(H2,24,25)(H,26,28)(H,29,30). The molecule has 1 heterocycles. The highest BCUT2D eigenvalue weighted by atomic mass is 16.5. The minimum atomic E-state index is -1.15. The van der Waals surface area contributed by atoms with E-state index >= 15 is 0 Å². The van der Waals surface area contributed by atoms with E-state index < -0.39 is 11.5 Å². The number of nitrogens with one attached hydrogen (secondary N) is 1. The van der Waals surface area contributed by atoms with E-state index in [2.05, 4.69) is 10.3 Å². The summed E-state index contributed by atoms with van der Waals surface area (Å²) in [4.78, 5) is 28.5. The Bertz CT molecular complexity index is 1140. The van der Waals surface area contributed by atoms with Crippen LogP contribution in [0.3, 0.4) is 0 Å². The van der Waals surface area contributed by atoms with Gasteiger partial charge in [-0.2, -0.15) is 0 Å². The van der Waals surface area contributed by atoms with Crippen molar-refractivity contribution in [1.29, 1.82) is 0 Å². The number of aliphatic hydroxyl groups is 1. The molecule has 3 aromatic rings. The number of pyridine rings is 1. The number of hydrogen-bond acceptors (Lipinski definition) is 6. The second-order valence-corrected chi connectivity index (χ2v) is 7.92. The highest BCUT2D eigenvalue weighted by molar-refractivity contribution is 6.06. The van der Waals surface area contributed by atoms with Crippen LogP contribution in [0.4, 0.5) is 5.69 Å². The molecule has 0 spiro atoms. The summed E-state index contributed by atoms with van der Waals surface area (Å²) in [7, 11) is 0. The zero-order chi connectivity index (χ0) is 22.8. The van der Waals surface area contributed by atoms with Gasteiger partial charge in [0.15, 0.2) is 0 Å². The molecule has 8 nitrogen and oxygen atoms in total. The second-order valence-electron chi connectivity index (χ2n) is 7.92. The van der Waals surface area contributed by atoms with Gasteiger partial charge < -0.3 is 26.0 Å². The topological polar surface area (TPSA) is 135 Å². The first-order valence-electron chi connectivity index (χ1n) is 9.70. The van der Waals surface area contributed by atoms with Gasteiger partial charge in [-0.25, -0.2) is 4.79 Å². The third-order valence-corrected chi connectivity index (χ3v) is 4.85. The number of aromatic carboxylic acids is 1. The number of carbonyl (C=O) groups is 2. The average Bonchev–Trinajstić information content (AvgIpc) is 2.71. The lowest BCUT2D eigenvalue weighted by Gasteiger charge is -2.27. The van der Waals surface area contributed by atoms with Gasteiger partial charge in [-0.15, -0.1) is 0 Å². The first-order chi connectivity index (χ1) is 14.6. The van der Waals surface area contributed by atoms with Crippen molar-refractivity contribution in [2.75, 3.05) is 12.3 Å². The van der Waals surface area contributed by atoms with Gasteiger partial charge in [0.1, 0.15) is 17.9 Å². The number of carboxylic acids is 1. The molecule has 8 heteroatoms.